The summed E-state index contributed by atoms with van der Waals surface area (Å²) in [4.78, 5) is 21.6. The number of amides is 1. The largest absolute Gasteiger partial charge is 0.355 e. The van der Waals surface area contributed by atoms with E-state index in [2.05, 4.69) is 20.4 Å². The zero-order valence-electron chi connectivity index (χ0n) is 11.0. The number of nitrogens with zero attached hydrogens (tertiary/aromatic N) is 5. The van der Waals surface area contributed by atoms with E-state index in [0.29, 0.717) is 23.3 Å². The molecule has 0 aliphatic rings. The Bertz CT molecular complexity index is 610. The minimum atomic E-state index is -0.0643. The molecule has 2 heterocycles. The van der Waals surface area contributed by atoms with Gasteiger partial charge in [-0.15, -0.1) is 0 Å². The highest BCUT2D eigenvalue weighted by molar-refractivity contribution is 6.30. The van der Waals surface area contributed by atoms with Crippen LogP contribution < -0.4 is 10.2 Å². The molecule has 1 amide bonds. The van der Waals surface area contributed by atoms with Gasteiger partial charge in [-0.3, -0.25) is 4.79 Å². The summed E-state index contributed by atoms with van der Waals surface area (Å²) >= 11 is 6.07. The minimum Gasteiger partial charge on any atom is -0.355 e. The molecule has 0 radical (unpaired) electrons. The van der Waals surface area contributed by atoms with Crippen LogP contribution in [0.2, 0.25) is 5.15 Å². The predicted octanol–water partition coefficient (Wildman–Crippen LogP) is 0.658. The first-order valence-corrected chi connectivity index (χ1v) is 6.26. The van der Waals surface area contributed by atoms with Gasteiger partial charge in [-0.25, -0.2) is 0 Å². The summed E-state index contributed by atoms with van der Waals surface area (Å²) in [6.45, 7) is 4.52. The Kier molecular flexibility index (Phi) is 3.84. The highest BCUT2D eigenvalue weighted by Crippen LogP contribution is 2.24. The fourth-order valence-corrected chi connectivity index (χ4v) is 2.04. The second-order valence-corrected chi connectivity index (χ2v) is 4.49. The summed E-state index contributed by atoms with van der Waals surface area (Å²) in [7, 11) is 1.80. The van der Waals surface area contributed by atoms with E-state index < -0.39 is 0 Å². The number of aromatic nitrogens is 4. The van der Waals surface area contributed by atoms with Gasteiger partial charge >= 0.3 is 0 Å². The molecule has 0 aliphatic heterocycles. The zero-order valence-corrected chi connectivity index (χ0v) is 11.8. The van der Waals surface area contributed by atoms with Crippen molar-refractivity contribution >= 4 is 29.1 Å². The molecule has 2 rings (SSSR count). The number of halogens is 1. The maximum Gasteiger partial charge on any atom is 0.255 e. The first-order valence-electron chi connectivity index (χ1n) is 5.88. The number of hydrogen-bond acceptors (Lipinski definition) is 5. The highest BCUT2D eigenvalue weighted by Gasteiger charge is 2.17. The van der Waals surface area contributed by atoms with Crippen molar-refractivity contribution in [2.75, 3.05) is 25.0 Å². The van der Waals surface area contributed by atoms with Crippen molar-refractivity contribution in [2.24, 2.45) is 0 Å². The fourth-order valence-electron chi connectivity index (χ4n) is 1.88. The lowest BCUT2D eigenvalue weighted by atomic mass is 10.3. The summed E-state index contributed by atoms with van der Waals surface area (Å²) in [5.41, 5.74) is 0.756. The van der Waals surface area contributed by atoms with Crippen molar-refractivity contribution in [1.82, 2.24) is 24.9 Å². The summed E-state index contributed by atoms with van der Waals surface area (Å²) in [5, 5.41) is 7.21. The van der Waals surface area contributed by atoms with Crippen molar-refractivity contribution in [3.63, 3.8) is 0 Å². The number of nitrogens with one attached hydrogen (secondary N) is 1. The van der Waals surface area contributed by atoms with Gasteiger partial charge in [0.2, 0.25) is 5.91 Å². The van der Waals surface area contributed by atoms with E-state index in [1.54, 1.807) is 16.5 Å². The predicted molar refractivity (Wildman–Crippen MR) is 72.5 cm³/mol. The minimum absolute atomic E-state index is 0.0643. The molecular formula is C11H15ClN6O. The maximum atomic E-state index is 11.7. The maximum absolute atomic E-state index is 11.7. The highest BCUT2D eigenvalue weighted by atomic mass is 35.5. The third-order valence-corrected chi connectivity index (χ3v) is 3.06. The Morgan fingerprint density at radius 1 is 1.58 bits per heavy atom. The first kappa shape index (κ1) is 13.5. The van der Waals surface area contributed by atoms with Crippen LogP contribution in [-0.4, -0.2) is 45.6 Å². The van der Waals surface area contributed by atoms with Crippen molar-refractivity contribution < 1.29 is 4.79 Å². The van der Waals surface area contributed by atoms with E-state index in [1.807, 2.05) is 13.8 Å². The smallest absolute Gasteiger partial charge is 0.255 e. The molecule has 8 heteroatoms. The van der Waals surface area contributed by atoms with Crippen LogP contribution in [0.5, 0.6) is 0 Å². The van der Waals surface area contributed by atoms with E-state index in [1.165, 1.54) is 6.33 Å². The van der Waals surface area contributed by atoms with Crippen LogP contribution in [0.3, 0.4) is 0 Å². The van der Waals surface area contributed by atoms with Gasteiger partial charge in [0.1, 0.15) is 17.3 Å². The first-order chi connectivity index (χ1) is 9.04. The van der Waals surface area contributed by atoms with Crippen LogP contribution in [0.4, 0.5) is 5.82 Å². The van der Waals surface area contributed by atoms with Crippen LogP contribution in [0, 0.1) is 6.92 Å². The van der Waals surface area contributed by atoms with Gasteiger partial charge in [-0.1, -0.05) is 11.6 Å². The van der Waals surface area contributed by atoms with Gasteiger partial charge in [0.15, 0.2) is 0 Å². The molecule has 0 aliphatic carbocycles. The number of fused-ring (bicyclic) bond motifs is 1. The molecule has 7 nitrogen and oxygen atoms in total. The summed E-state index contributed by atoms with van der Waals surface area (Å²) < 4.78 is 1.57. The number of likely N-dealkylation sites (N-methyl/N-ethyl adjacent to an activating group) is 2. The van der Waals surface area contributed by atoms with Crippen LogP contribution >= 0.6 is 11.6 Å². The lowest BCUT2D eigenvalue weighted by Gasteiger charge is -2.21. The van der Waals surface area contributed by atoms with Gasteiger partial charge in [-0.05, 0) is 13.8 Å². The monoisotopic (exact) mass is 282 g/mol. The number of rotatable bonds is 4. The molecule has 0 spiro atoms. The molecule has 19 heavy (non-hydrogen) atoms. The van der Waals surface area contributed by atoms with Gasteiger partial charge in [0.05, 0.1) is 6.54 Å². The van der Waals surface area contributed by atoms with Crippen LogP contribution in [0.25, 0.3) is 5.78 Å². The average molecular weight is 283 g/mol. The molecule has 102 valence electrons. The number of carbonyl (C=O) groups is 1. The van der Waals surface area contributed by atoms with Crippen LogP contribution in [-0.2, 0) is 4.79 Å². The molecule has 0 unspecified atom stereocenters. The zero-order chi connectivity index (χ0) is 14.0. The van der Waals surface area contributed by atoms with Gasteiger partial charge in [0.25, 0.3) is 5.78 Å². The van der Waals surface area contributed by atoms with E-state index in [-0.39, 0.29) is 12.5 Å². The van der Waals surface area contributed by atoms with Crippen molar-refractivity contribution in [1.29, 1.82) is 0 Å². The number of anilines is 1. The van der Waals surface area contributed by atoms with Crippen LogP contribution in [0.1, 0.15) is 12.5 Å². The molecule has 1 N–H and O–H groups in total. The molecule has 0 fully saturated rings. The second kappa shape index (κ2) is 5.40. The van der Waals surface area contributed by atoms with E-state index in [4.69, 9.17) is 11.6 Å². The van der Waals surface area contributed by atoms with Crippen molar-refractivity contribution in [2.45, 2.75) is 13.8 Å². The Morgan fingerprint density at radius 3 is 3.00 bits per heavy atom. The quantitative estimate of drug-likeness (QED) is 0.834. The van der Waals surface area contributed by atoms with Crippen LogP contribution in [0.15, 0.2) is 6.33 Å². The van der Waals surface area contributed by atoms with Crippen molar-refractivity contribution in [3.8, 4) is 0 Å². The fraction of sp³-hybridized carbons (Fsp3) is 0.455. The molecule has 2 aromatic rings. The molecule has 0 bridgehead atoms. The lowest BCUT2D eigenvalue weighted by molar-refractivity contribution is -0.119. The molecule has 2 aromatic heterocycles. The molecular weight excluding hydrogens is 268 g/mol. The SMILES string of the molecule is CCNC(=O)CN(C)c1c(C)c(Cl)nc2ncnn12. The van der Waals surface area contributed by atoms with E-state index in [9.17, 15) is 4.79 Å². The number of hydrogen-bond donors (Lipinski definition) is 1. The standard InChI is InChI=1S/C11H15ClN6O/c1-4-13-8(19)5-17(3)10-7(2)9(12)16-11-14-6-15-18(10)11/h6H,4-5H2,1-3H3,(H,13,19). The summed E-state index contributed by atoms with van der Waals surface area (Å²) in [6.07, 6.45) is 1.40. The molecule has 0 saturated heterocycles. The normalized spacial score (nSPS) is 10.7. The van der Waals surface area contributed by atoms with Gasteiger partial charge in [0, 0.05) is 19.2 Å². The van der Waals surface area contributed by atoms with E-state index in [0.717, 1.165) is 5.56 Å². The molecule has 0 saturated carbocycles. The van der Waals surface area contributed by atoms with Gasteiger partial charge in [-0.2, -0.15) is 19.6 Å². The second-order valence-electron chi connectivity index (χ2n) is 4.13. The Labute approximate surface area is 115 Å². The topological polar surface area (TPSA) is 75.4 Å². The molecule has 0 aromatic carbocycles. The Balaban J connectivity index is 2.40. The average Bonchev–Trinajstić information content (AvgIpc) is 2.77. The Hall–Kier alpha value is -1.89. The molecule has 0 atom stereocenters. The van der Waals surface area contributed by atoms with E-state index >= 15 is 0 Å². The number of carbonyl (C=O) groups excluding carboxylic acids is 1. The summed E-state index contributed by atoms with van der Waals surface area (Å²) in [5.74, 6) is 1.05. The third-order valence-electron chi connectivity index (χ3n) is 2.69. The van der Waals surface area contributed by atoms with Crippen molar-refractivity contribution in [3.05, 3.63) is 17.0 Å². The lowest BCUT2D eigenvalue weighted by Crippen LogP contribution is -2.36. The van der Waals surface area contributed by atoms with Gasteiger partial charge < -0.3 is 10.2 Å². The Morgan fingerprint density at radius 2 is 2.32 bits per heavy atom. The third kappa shape index (κ3) is 2.60. The summed E-state index contributed by atoms with van der Waals surface area (Å²) in [6, 6.07) is 0.